The average molecular weight is 410 g/mol. The van der Waals surface area contributed by atoms with Gasteiger partial charge in [-0.15, -0.1) is 0 Å². The molecule has 0 atom stereocenters. The highest BCUT2D eigenvalue weighted by atomic mass is 79.9. The van der Waals surface area contributed by atoms with Crippen LogP contribution in [0.15, 0.2) is 82.6 Å². The van der Waals surface area contributed by atoms with Gasteiger partial charge in [0.05, 0.1) is 6.21 Å². The number of hydrazone groups is 1. The molecule has 6 heteroatoms. The lowest BCUT2D eigenvalue weighted by Gasteiger charge is -2.06. The molecule has 1 aromatic heterocycles. The molecule has 26 heavy (non-hydrogen) atoms. The maximum atomic E-state index is 11.9. The molecule has 0 spiro atoms. The molecule has 5 nitrogen and oxygen atoms in total. The van der Waals surface area contributed by atoms with Crippen LogP contribution < -0.4 is 10.2 Å². The lowest BCUT2D eigenvalue weighted by molar-refractivity contribution is 0.0955. The summed E-state index contributed by atoms with van der Waals surface area (Å²) >= 11 is 3.41. The second-order valence-electron chi connectivity index (χ2n) is 5.42. The molecule has 1 heterocycles. The van der Waals surface area contributed by atoms with Crippen molar-refractivity contribution < 1.29 is 9.53 Å². The van der Waals surface area contributed by atoms with Crippen LogP contribution in [-0.2, 0) is 6.61 Å². The van der Waals surface area contributed by atoms with Gasteiger partial charge in [0.25, 0.3) is 5.91 Å². The van der Waals surface area contributed by atoms with E-state index in [4.69, 9.17) is 4.74 Å². The number of nitrogens with zero attached hydrogens (tertiary/aromatic N) is 2. The number of aromatic nitrogens is 1. The molecule has 0 aliphatic rings. The van der Waals surface area contributed by atoms with Crippen LogP contribution in [0.1, 0.15) is 21.5 Å². The molecule has 1 amide bonds. The topological polar surface area (TPSA) is 63.6 Å². The van der Waals surface area contributed by atoms with Crippen LogP contribution in [-0.4, -0.2) is 17.1 Å². The number of halogens is 1. The first-order valence-electron chi connectivity index (χ1n) is 7.91. The largest absolute Gasteiger partial charge is 0.489 e. The third kappa shape index (κ3) is 5.26. The lowest BCUT2D eigenvalue weighted by Crippen LogP contribution is -2.17. The van der Waals surface area contributed by atoms with Gasteiger partial charge in [0.1, 0.15) is 12.4 Å². The first-order valence-corrected chi connectivity index (χ1v) is 8.71. The Morgan fingerprint density at radius 1 is 1.04 bits per heavy atom. The quantitative estimate of drug-likeness (QED) is 0.490. The predicted molar refractivity (Wildman–Crippen MR) is 104 cm³/mol. The van der Waals surface area contributed by atoms with Crippen molar-refractivity contribution in [3.63, 3.8) is 0 Å². The molecule has 2 aromatic carbocycles. The fourth-order valence-corrected chi connectivity index (χ4v) is 2.40. The van der Waals surface area contributed by atoms with Gasteiger partial charge in [-0.05, 0) is 59.7 Å². The Morgan fingerprint density at radius 2 is 1.73 bits per heavy atom. The van der Waals surface area contributed by atoms with E-state index in [1.165, 1.54) is 0 Å². The predicted octanol–water partition coefficient (Wildman–Crippen LogP) is 4.19. The summed E-state index contributed by atoms with van der Waals surface area (Å²) in [6.45, 7) is 0.503. The summed E-state index contributed by atoms with van der Waals surface area (Å²) in [4.78, 5) is 15.7. The van der Waals surface area contributed by atoms with E-state index in [2.05, 4.69) is 31.4 Å². The zero-order valence-corrected chi connectivity index (χ0v) is 15.4. The van der Waals surface area contributed by atoms with Crippen LogP contribution in [0.4, 0.5) is 0 Å². The maximum Gasteiger partial charge on any atom is 0.271 e. The van der Waals surface area contributed by atoms with Gasteiger partial charge < -0.3 is 4.74 Å². The van der Waals surface area contributed by atoms with Gasteiger partial charge in [0, 0.05) is 22.4 Å². The second kappa shape index (κ2) is 8.92. The molecule has 0 aliphatic carbocycles. The number of hydrogen-bond acceptors (Lipinski definition) is 4. The summed E-state index contributed by atoms with van der Waals surface area (Å²) < 4.78 is 6.79. The van der Waals surface area contributed by atoms with E-state index in [9.17, 15) is 4.79 Å². The van der Waals surface area contributed by atoms with Gasteiger partial charge in [0.2, 0.25) is 0 Å². The van der Waals surface area contributed by atoms with E-state index in [0.717, 1.165) is 21.3 Å². The molecule has 0 saturated heterocycles. The Kier molecular flexibility index (Phi) is 6.11. The standard InChI is InChI=1S/C20H16BrN3O2/c21-18-5-1-16(2-6-18)14-26-19-7-3-15(4-8-19)13-23-24-20(25)17-9-11-22-12-10-17/h1-13H,14H2,(H,24,25). The van der Waals surface area contributed by atoms with Crippen LogP contribution in [0.3, 0.4) is 0 Å². The van der Waals surface area contributed by atoms with Gasteiger partial charge in [-0.3, -0.25) is 9.78 Å². The van der Waals surface area contributed by atoms with Crippen molar-refractivity contribution in [3.05, 3.63) is 94.2 Å². The average Bonchev–Trinajstić information content (AvgIpc) is 2.69. The van der Waals surface area contributed by atoms with Crippen LogP contribution in [0, 0.1) is 0 Å². The van der Waals surface area contributed by atoms with E-state index in [-0.39, 0.29) is 5.91 Å². The number of pyridine rings is 1. The molecule has 0 saturated carbocycles. The van der Waals surface area contributed by atoms with E-state index in [1.54, 1.807) is 30.7 Å². The molecule has 0 unspecified atom stereocenters. The number of nitrogens with one attached hydrogen (secondary N) is 1. The summed E-state index contributed by atoms with van der Waals surface area (Å²) in [7, 11) is 0. The van der Waals surface area contributed by atoms with Gasteiger partial charge in [-0.25, -0.2) is 5.43 Å². The summed E-state index contributed by atoms with van der Waals surface area (Å²) in [5, 5.41) is 3.96. The van der Waals surface area contributed by atoms with Gasteiger partial charge >= 0.3 is 0 Å². The number of carbonyl (C=O) groups excluding carboxylic acids is 1. The lowest BCUT2D eigenvalue weighted by atomic mass is 10.2. The first-order chi connectivity index (χ1) is 12.7. The number of benzene rings is 2. The minimum absolute atomic E-state index is 0.280. The summed E-state index contributed by atoms with van der Waals surface area (Å²) in [5.41, 5.74) is 4.94. The van der Waals surface area contributed by atoms with Crippen molar-refractivity contribution in [2.75, 3.05) is 0 Å². The fraction of sp³-hybridized carbons (Fsp3) is 0.0500. The SMILES string of the molecule is O=C(NN=Cc1ccc(OCc2ccc(Br)cc2)cc1)c1ccncc1. The van der Waals surface area contributed by atoms with Crippen molar-refractivity contribution in [1.82, 2.24) is 10.4 Å². The fourth-order valence-electron chi connectivity index (χ4n) is 2.13. The molecule has 0 bridgehead atoms. The minimum atomic E-state index is -0.280. The smallest absolute Gasteiger partial charge is 0.271 e. The molecular formula is C20H16BrN3O2. The zero-order valence-electron chi connectivity index (χ0n) is 13.8. The van der Waals surface area contributed by atoms with Gasteiger partial charge in [-0.1, -0.05) is 28.1 Å². The van der Waals surface area contributed by atoms with E-state index in [0.29, 0.717) is 12.2 Å². The number of ether oxygens (including phenoxy) is 1. The van der Waals surface area contributed by atoms with Crippen molar-refractivity contribution in [2.24, 2.45) is 5.10 Å². The third-order valence-corrected chi connectivity index (χ3v) is 4.05. The summed E-state index contributed by atoms with van der Waals surface area (Å²) in [6.07, 6.45) is 4.70. The molecule has 130 valence electrons. The Morgan fingerprint density at radius 3 is 2.42 bits per heavy atom. The Hall–Kier alpha value is -2.99. The van der Waals surface area contributed by atoms with Crippen LogP contribution >= 0.6 is 15.9 Å². The number of rotatable bonds is 6. The minimum Gasteiger partial charge on any atom is -0.489 e. The summed E-state index contributed by atoms with van der Waals surface area (Å²) in [6, 6.07) is 18.7. The molecule has 0 fully saturated rings. The molecular weight excluding hydrogens is 394 g/mol. The molecule has 0 radical (unpaired) electrons. The Labute approximate surface area is 159 Å². The van der Waals surface area contributed by atoms with Crippen molar-refractivity contribution in [1.29, 1.82) is 0 Å². The normalized spacial score (nSPS) is 10.7. The van der Waals surface area contributed by atoms with Gasteiger partial charge in [-0.2, -0.15) is 5.10 Å². The van der Waals surface area contributed by atoms with E-state index < -0.39 is 0 Å². The molecule has 0 aliphatic heterocycles. The monoisotopic (exact) mass is 409 g/mol. The van der Waals surface area contributed by atoms with E-state index >= 15 is 0 Å². The highest BCUT2D eigenvalue weighted by Crippen LogP contribution is 2.15. The summed E-state index contributed by atoms with van der Waals surface area (Å²) in [5.74, 6) is 0.490. The molecule has 3 rings (SSSR count). The van der Waals surface area contributed by atoms with Crippen molar-refractivity contribution in [3.8, 4) is 5.75 Å². The van der Waals surface area contributed by atoms with Crippen LogP contribution in [0.2, 0.25) is 0 Å². The number of carbonyl (C=O) groups is 1. The zero-order chi connectivity index (χ0) is 18.2. The molecule has 3 aromatic rings. The van der Waals surface area contributed by atoms with Crippen molar-refractivity contribution in [2.45, 2.75) is 6.61 Å². The highest BCUT2D eigenvalue weighted by Gasteiger charge is 2.02. The highest BCUT2D eigenvalue weighted by molar-refractivity contribution is 9.10. The van der Waals surface area contributed by atoms with E-state index in [1.807, 2.05) is 48.5 Å². The first kappa shape index (κ1) is 17.8. The van der Waals surface area contributed by atoms with Crippen LogP contribution in [0.25, 0.3) is 0 Å². The maximum absolute atomic E-state index is 11.9. The second-order valence-corrected chi connectivity index (χ2v) is 6.33. The molecule has 1 N–H and O–H groups in total. The number of hydrogen-bond donors (Lipinski definition) is 1. The number of amides is 1. The Balaban J connectivity index is 1.51. The Bertz CT molecular complexity index is 879. The van der Waals surface area contributed by atoms with Gasteiger partial charge in [0.15, 0.2) is 0 Å². The third-order valence-electron chi connectivity index (χ3n) is 3.52. The van der Waals surface area contributed by atoms with Crippen LogP contribution in [0.5, 0.6) is 5.75 Å². The van der Waals surface area contributed by atoms with Crippen molar-refractivity contribution >= 4 is 28.1 Å².